The predicted molar refractivity (Wildman–Crippen MR) is 65.0 cm³/mol. The largest absolute Gasteiger partial charge is 0.388 e. The molecule has 0 unspecified atom stereocenters. The van der Waals surface area contributed by atoms with Crippen LogP contribution in [-0.4, -0.2) is 14.7 Å². The lowest BCUT2D eigenvalue weighted by Gasteiger charge is -2.05. The Morgan fingerprint density at radius 2 is 1.88 bits per heavy atom. The van der Waals surface area contributed by atoms with Gasteiger partial charge in [-0.25, -0.2) is 4.98 Å². The number of aliphatic hydroxyl groups is 1. The minimum atomic E-state index is -0.0141. The van der Waals surface area contributed by atoms with E-state index in [0.29, 0.717) is 5.82 Å². The van der Waals surface area contributed by atoms with Gasteiger partial charge in [0.15, 0.2) is 0 Å². The molecule has 1 heterocycles. The van der Waals surface area contributed by atoms with Gasteiger partial charge in [0.2, 0.25) is 0 Å². The lowest BCUT2D eigenvalue weighted by atomic mass is 10.2. The first-order chi connectivity index (χ1) is 7.90. The summed E-state index contributed by atoms with van der Waals surface area (Å²) in [6, 6.07) is 10.1. The Labute approximate surface area is 96.4 Å². The maximum atomic E-state index is 9.00. The summed E-state index contributed by atoms with van der Waals surface area (Å²) >= 11 is 0. The van der Waals surface area contributed by atoms with Gasteiger partial charge in [0, 0.05) is 18.9 Å². The molecular formula is C13H18N2O. The summed E-state index contributed by atoms with van der Waals surface area (Å²) < 4.78 is 1.94. The fourth-order valence-electron chi connectivity index (χ4n) is 1.42. The first-order valence-electron chi connectivity index (χ1n) is 5.55. The highest BCUT2D eigenvalue weighted by molar-refractivity contribution is 5.15. The second kappa shape index (κ2) is 6.80. The van der Waals surface area contributed by atoms with Crippen molar-refractivity contribution in [2.45, 2.75) is 27.0 Å². The van der Waals surface area contributed by atoms with Gasteiger partial charge in [0.25, 0.3) is 0 Å². The summed E-state index contributed by atoms with van der Waals surface area (Å²) in [5, 5.41) is 9.00. The molecule has 16 heavy (non-hydrogen) atoms. The van der Waals surface area contributed by atoms with Gasteiger partial charge in [-0.15, -0.1) is 0 Å². The smallest absolute Gasteiger partial charge is 0.134 e. The summed E-state index contributed by atoms with van der Waals surface area (Å²) in [4.78, 5) is 4.04. The fraction of sp³-hybridized carbons (Fsp3) is 0.308. The van der Waals surface area contributed by atoms with E-state index in [9.17, 15) is 0 Å². The van der Waals surface area contributed by atoms with Gasteiger partial charge in [-0.05, 0) is 5.56 Å². The number of aromatic nitrogens is 2. The SMILES string of the molecule is CC.OCc1nccn1Cc1ccccc1. The van der Waals surface area contributed by atoms with Gasteiger partial charge in [-0.2, -0.15) is 0 Å². The lowest BCUT2D eigenvalue weighted by Crippen LogP contribution is -2.03. The Morgan fingerprint density at radius 3 is 2.50 bits per heavy atom. The molecule has 0 saturated carbocycles. The average molecular weight is 218 g/mol. The second-order valence-corrected chi connectivity index (χ2v) is 3.12. The predicted octanol–water partition coefficient (Wildman–Crippen LogP) is 2.45. The van der Waals surface area contributed by atoms with Crippen LogP contribution >= 0.6 is 0 Å². The van der Waals surface area contributed by atoms with Crippen molar-refractivity contribution in [3.8, 4) is 0 Å². The standard InChI is InChI=1S/C11H12N2O.C2H6/c14-9-11-12-6-7-13(11)8-10-4-2-1-3-5-10;1-2/h1-7,14H,8-9H2;1-2H3. The zero-order valence-corrected chi connectivity index (χ0v) is 9.80. The second-order valence-electron chi connectivity index (χ2n) is 3.12. The molecule has 0 amide bonds. The number of hydrogen-bond donors (Lipinski definition) is 1. The van der Waals surface area contributed by atoms with E-state index in [2.05, 4.69) is 17.1 Å². The van der Waals surface area contributed by atoms with E-state index in [-0.39, 0.29) is 6.61 Å². The highest BCUT2D eigenvalue weighted by atomic mass is 16.3. The number of rotatable bonds is 3. The molecule has 0 aliphatic heterocycles. The van der Waals surface area contributed by atoms with Crippen LogP contribution < -0.4 is 0 Å². The van der Waals surface area contributed by atoms with E-state index in [1.165, 1.54) is 5.56 Å². The van der Waals surface area contributed by atoms with Crippen LogP contribution in [0.5, 0.6) is 0 Å². The quantitative estimate of drug-likeness (QED) is 0.859. The van der Waals surface area contributed by atoms with Gasteiger partial charge in [-0.3, -0.25) is 0 Å². The van der Waals surface area contributed by atoms with Crippen molar-refractivity contribution in [2.24, 2.45) is 0 Å². The van der Waals surface area contributed by atoms with Gasteiger partial charge in [0.05, 0.1) is 0 Å². The molecule has 1 aromatic heterocycles. The van der Waals surface area contributed by atoms with Crippen LogP contribution in [0.25, 0.3) is 0 Å². The Hall–Kier alpha value is -1.61. The zero-order valence-electron chi connectivity index (χ0n) is 9.80. The highest BCUT2D eigenvalue weighted by Crippen LogP contribution is 2.04. The maximum absolute atomic E-state index is 9.00. The minimum Gasteiger partial charge on any atom is -0.388 e. The van der Waals surface area contributed by atoms with Crippen LogP contribution in [0.15, 0.2) is 42.7 Å². The monoisotopic (exact) mass is 218 g/mol. The maximum Gasteiger partial charge on any atom is 0.134 e. The molecule has 0 radical (unpaired) electrons. The van der Waals surface area contributed by atoms with Crippen LogP contribution in [0.4, 0.5) is 0 Å². The third kappa shape index (κ3) is 3.21. The molecule has 3 nitrogen and oxygen atoms in total. The molecule has 2 rings (SSSR count). The van der Waals surface area contributed by atoms with Crippen molar-refractivity contribution in [3.63, 3.8) is 0 Å². The number of benzene rings is 1. The summed E-state index contributed by atoms with van der Waals surface area (Å²) in [7, 11) is 0. The van der Waals surface area contributed by atoms with E-state index >= 15 is 0 Å². The molecule has 0 spiro atoms. The van der Waals surface area contributed by atoms with Crippen LogP contribution in [0, 0.1) is 0 Å². The Morgan fingerprint density at radius 1 is 1.19 bits per heavy atom. The molecule has 2 aromatic rings. The topological polar surface area (TPSA) is 38.1 Å². The van der Waals surface area contributed by atoms with E-state index in [1.807, 2.05) is 42.8 Å². The number of imidazole rings is 1. The molecule has 1 aromatic carbocycles. The first kappa shape index (κ1) is 12.5. The van der Waals surface area contributed by atoms with Crippen molar-refractivity contribution in [2.75, 3.05) is 0 Å². The minimum absolute atomic E-state index is 0.0141. The Balaban J connectivity index is 0.000000606. The Kier molecular flexibility index (Phi) is 5.29. The average Bonchev–Trinajstić information content (AvgIpc) is 2.80. The van der Waals surface area contributed by atoms with Crippen LogP contribution in [0.1, 0.15) is 25.2 Å². The summed E-state index contributed by atoms with van der Waals surface area (Å²) in [6.07, 6.45) is 3.58. The summed E-state index contributed by atoms with van der Waals surface area (Å²) in [5.41, 5.74) is 1.21. The summed E-state index contributed by atoms with van der Waals surface area (Å²) in [5.74, 6) is 0.703. The third-order valence-electron chi connectivity index (χ3n) is 2.14. The highest BCUT2D eigenvalue weighted by Gasteiger charge is 2.00. The molecule has 0 atom stereocenters. The van der Waals surface area contributed by atoms with E-state index in [4.69, 9.17) is 5.11 Å². The molecule has 1 N–H and O–H groups in total. The normalized spacial score (nSPS) is 9.44. The van der Waals surface area contributed by atoms with Gasteiger partial charge in [0.1, 0.15) is 12.4 Å². The van der Waals surface area contributed by atoms with E-state index < -0.39 is 0 Å². The molecule has 86 valence electrons. The van der Waals surface area contributed by atoms with E-state index in [0.717, 1.165) is 6.54 Å². The number of hydrogen-bond acceptors (Lipinski definition) is 2. The molecule has 0 saturated heterocycles. The fourth-order valence-corrected chi connectivity index (χ4v) is 1.42. The van der Waals surface area contributed by atoms with Crippen molar-refractivity contribution < 1.29 is 5.11 Å². The van der Waals surface area contributed by atoms with Gasteiger partial charge >= 0.3 is 0 Å². The van der Waals surface area contributed by atoms with Crippen molar-refractivity contribution in [3.05, 3.63) is 54.1 Å². The third-order valence-corrected chi connectivity index (χ3v) is 2.14. The molecule has 0 fully saturated rings. The van der Waals surface area contributed by atoms with Crippen LogP contribution in [0.2, 0.25) is 0 Å². The molecule has 3 heteroatoms. The molecule has 0 aliphatic carbocycles. The van der Waals surface area contributed by atoms with Crippen LogP contribution in [-0.2, 0) is 13.2 Å². The van der Waals surface area contributed by atoms with Crippen molar-refractivity contribution in [1.82, 2.24) is 9.55 Å². The molecule has 0 aliphatic rings. The molecular weight excluding hydrogens is 200 g/mol. The Bertz CT molecular complexity index is 395. The van der Waals surface area contributed by atoms with Crippen LogP contribution in [0.3, 0.4) is 0 Å². The van der Waals surface area contributed by atoms with Crippen molar-refractivity contribution >= 4 is 0 Å². The first-order valence-corrected chi connectivity index (χ1v) is 5.55. The van der Waals surface area contributed by atoms with Gasteiger partial charge < -0.3 is 9.67 Å². The molecule has 0 bridgehead atoms. The lowest BCUT2D eigenvalue weighted by molar-refractivity contribution is 0.266. The van der Waals surface area contributed by atoms with Crippen molar-refractivity contribution in [1.29, 1.82) is 0 Å². The number of aliphatic hydroxyl groups excluding tert-OH is 1. The van der Waals surface area contributed by atoms with E-state index in [1.54, 1.807) is 6.20 Å². The summed E-state index contributed by atoms with van der Waals surface area (Å²) in [6.45, 7) is 4.75. The van der Waals surface area contributed by atoms with Gasteiger partial charge in [-0.1, -0.05) is 44.2 Å². The number of nitrogens with zero attached hydrogens (tertiary/aromatic N) is 2. The zero-order chi connectivity index (χ0) is 11.8.